The van der Waals surface area contributed by atoms with Crippen LogP contribution >= 0.6 is 0 Å². The zero-order valence-corrected chi connectivity index (χ0v) is 26.3. The van der Waals surface area contributed by atoms with Crippen molar-refractivity contribution in [3.05, 3.63) is 145 Å². The molecule has 0 spiro atoms. The average Bonchev–Trinajstić information content (AvgIpc) is 3.91. The van der Waals surface area contributed by atoms with Crippen molar-refractivity contribution >= 4 is 87.5 Å². The Morgan fingerprint density at radius 1 is 0.360 bits per heavy atom. The van der Waals surface area contributed by atoms with E-state index in [2.05, 4.69) is 69.8 Å². The van der Waals surface area contributed by atoms with Crippen LogP contribution in [0.25, 0.3) is 98.9 Å². The van der Waals surface area contributed by atoms with Gasteiger partial charge in [-0.25, -0.2) is 0 Å². The Kier molecular flexibility index (Phi) is 5.16. The van der Waals surface area contributed by atoms with Crippen LogP contribution in [0.1, 0.15) is 11.1 Å². The van der Waals surface area contributed by atoms with Gasteiger partial charge in [0.05, 0.1) is 44.6 Å². The molecule has 0 aliphatic carbocycles. The van der Waals surface area contributed by atoms with E-state index in [1.54, 1.807) is 0 Å². The molecule has 50 heavy (non-hydrogen) atoms. The van der Waals surface area contributed by atoms with Crippen LogP contribution < -0.4 is 0 Å². The molecule has 0 bridgehead atoms. The molecule has 0 aliphatic rings. The Hall–Kier alpha value is -7.28. The van der Waals surface area contributed by atoms with E-state index < -0.39 is 0 Å². The molecule has 4 heterocycles. The molecule has 0 fully saturated rings. The van der Waals surface area contributed by atoms with E-state index in [4.69, 9.17) is 8.83 Å². The lowest BCUT2D eigenvalue weighted by Gasteiger charge is -2.16. The summed E-state index contributed by atoms with van der Waals surface area (Å²) in [6.45, 7) is 0. The first-order chi connectivity index (χ1) is 24.7. The Labute approximate surface area is 283 Å². The maximum absolute atomic E-state index is 10.9. The third-order valence-corrected chi connectivity index (χ3v) is 10.2. The van der Waals surface area contributed by atoms with Crippen LogP contribution in [-0.2, 0) is 0 Å². The maximum Gasteiger partial charge on any atom is 0.136 e. The van der Waals surface area contributed by atoms with Gasteiger partial charge in [0.2, 0.25) is 0 Å². The minimum absolute atomic E-state index is 0.311. The van der Waals surface area contributed by atoms with Gasteiger partial charge in [0, 0.05) is 43.1 Å². The van der Waals surface area contributed by atoms with Gasteiger partial charge in [-0.3, -0.25) is 0 Å². The molecule has 0 saturated heterocycles. The van der Waals surface area contributed by atoms with Gasteiger partial charge >= 0.3 is 0 Å². The lowest BCUT2D eigenvalue weighted by atomic mass is 10.0. The van der Waals surface area contributed by atoms with Crippen LogP contribution in [0.15, 0.2) is 142 Å². The second kappa shape index (κ2) is 9.64. The van der Waals surface area contributed by atoms with E-state index in [-0.39, 0.29) is 0 Å². The summed E-state index contributed by atoms with van der Waals surface area (Å²) in [5.41, 5.74) is 8.94. The van der Waals surface area contributed by atoms with E-state index in [9.17, 15) is 10.5 Å². The Morgan fingerprint density at radius 3 is 1.20 bits per heavy atom. The number of aromatic nitrogens is 2. The zero-order valence-electron chi connectivity index (χ0n) is 26.3. The second-order valence-electron chi connectivity index (χ2n) is 12.6. The maximum atomic E-state index is 10.9. The fraction of sp³-hybridized carbons (Fsp3) is 0. The summed E-state index contributed by atoms with van der Waals surface area (Å²) in [6.07, 6.45) is 0. The smallest absolute Gasteiger partial charge is 0.136 e. The number of hydrogen-bond acceptors (Lipinski definition) is 4. The highest BCUT2D eigenvalue weighted by molar-refractivity contribution is 6.28. The molecule has 0 amide bonds. The van der Waals surface area contributed by atoms with Crippen molar-refractivity contribution in [2.24, 2.45) is 0 Å². The molecular formula is C44H22N4O2. The van der Waals surface area contributed by atoms with Crippen LogP contribution in [0.5, 0.6) is 0 Å². The minimum atomic E-state index is 0.311. The van der Waals surface area contributed by atoms with Crippen LogP contribution in [0.3, 0.4) is 0 Å². The first kappa shape index (κ1) is 26.8. The van der Waals surface area contributed by atoms with E-state index >= 15 is 0 Å². The molecule has 0 aliphatic heterocycles. The Bertz CT molecular complexity index is 3130. The number of rotatable bonds is 2. The fourth-order valence-electron chi connectivity index (χ4n) is 8.25. The quantitative estimate of drug-likeness (QED) is 0.189. The highest BCUT2D eigenvalue weighted by Crippen LogP contribution is 2.44. The summed E-state index contributed by atoms with van der Waals surface area (Å²) in [6, 6.07) is 49.5. The van der Waals surface area contributed by atoms with Crippen molar-refractivity contribution in [2.45, 2.75) is 0 Å². The Morgan fingerprint density at radius 2 is 0.760 bits per heavy atom. The largest absolute Gasteiger partial charge is 0.456 e. The second-order valence-corrected chi connectivity index (χ2v) is 12.6. The summed E-state index contributed by atoms with van der Waals surface area (Å²) in [7, 11) is 0. The van der Waals surface area contributed by atoms with Crippen LogP contribution in [0, 0.1) is 22.7 Å². The third kappa shape index (κ3) is 3.29. The first-order valence-corrected chi connectivity index (χ1v) is 16.4. The van der Waals surface area contributed by atoms with Crippen LogP contribution in [-0.4, -0.2) is 9.13 Å². The third-order valence-electron chi connectivity index (χ3n) is 10.2. The van der Waals surface area contributed by atoms with Crippen LogP contribution in [0.2, 0.25) is 0 Å². The molecular weight excluding hydrogens is 617 g/mol. The average molecular weight is 639 g/mol. The summed E-state index contributed by atoms with van der Waals surface area (Å²) < 4.78 is 16.8. The Balaban J connectivity index is 1.25. The lowest BCUT2D eigenvalue weighted by molar-refractivity contribution is 0.669. The molecule has 6 heteroatoms. The zero-order chi connectivity index (χ0) is 33.1. The SMILES string of the molecule is N#Cc1c(-n2c3ccccc3c3c4c(ccc32)oc2ccccc24)ccc(-n2c3ccccc3c3c4c(ccc32)oc2ccccc24)c1C#N. The molecule has 0 unspecified atom stereocenters. The summed E-state index contributed by atoms with van der Waals surface area (Å²) in [5, 5.41) is 30.1. The number of nitrogens with zero attached hydrogens (tertiary/aromatic N) is 4. The summed E-state index contributed by atoms with van der Waals surface area (Å²) in [4.78, 5) is 0. The fourth-order valence-corrected chi connectivity index (χ4v) is 8.25. The van der Waals surface area contributed by atoms with E-state index in [1.165, 1.54) is 0 Å². The molecule has 11 rings (SSSR count). The van der Waals surface area contributed by atoms with Gasteiger partial charge in [-0.15, -0.1) is 0 Å². The molecule has 230 valence electrons. The van der Waals surface area contributed by atoms with Crippen molar-refractivity contribution in [1.29, 1.82) is 10.5 Å². The standard InChI is InChI=1S/C44H22N4O2/c45-23-29-30(24-46)34(48-32-14-6-2-10-26(32)42-36(48)20-22-40-44(42)28-12-4-8-16-38(28)50-40)18-17-33(29)47-31-13-5-1-9-25(31)41-35(47)19-21-39-43(41)27-11-3-7-15-37(27)49-39/h1-22H. The number of para-hydroxylation sites is 4. The van der Waals surface area contributed by atoms with Crippen molar-refractivity contribution in [3.63, 3.8) is 0 Å². The predicted molar refractivity (Wildman–Crippen MR) is 199 cm³/mol. The van der Waals surface area contributed by atoms with Crippen molar-refractivity contribution < 1.29 is 8.83 Å². The van der Waals surface area contributed by atoms with Gasteiger partial charge in [0.1, 0.15) is 34.5 Å². The van der Waals surface area contributed by atoms with Crippen molar-refractivity contribution in [3.8, 4) is 23.5 Å². The van der Waals surface area contributed by atoms with Gasteiger partial charge in [0.25, 0.3) is 0 Å². The molecule has 0 atom stereocenters. The number of nitriles is 2. The molecule has 7 aromatic carbocycles. The molecule has 4 aromatic heterocycles. The lowest BCUT2D eigenvalue weighted by Crippen LogP contribution is -2.05. The molecule has 11 aromatic rings. The number of hydrogen-bond donors (Lipinski definition) is 0. The number of benzene rings is 7. The predicted octanol–water partition coefficient (Wildman–Crippen LogP) is 11.4. The van der Waals surface area contributed by atoms with E-state index in [0.29, 0.717) is 22.5 Å². The highest BCUT2D eigenvalue weighted by atomic mass is 16.3. The van der Waals surface area contributed by atoms with E-state index in [0.717, 1.165) is 87.5 Å². The van der Waals surface area contributed by atoms with Crippen LogP contribution in [0.4, 0.5) is 0 Å². The van der Waals surface area contributed by atoms with Gasteiger partial charge in [-0.05, 0) is 60.7 Å². The van der Waals surface area contributed by atoms with Gasteiger partial charge < -0.3 is 18.0 Å². The normalized spacial score (nSPS) is 12.0. The number of fused-ring (bicyclic) bond motifs is 14. The monoisotopic (exact) mass is 638 g/mol. The van der Waals surface area contributed by atoms with E-state index in [1.807, 2.05) is 84.9 Å². The van der Waals surface area contributed by atoms with Gasteiger partial charge in [-0.1, -0.05) is 72.8 Å². The highest BCUT2D eigenvalue weighted by Gasteiger charge is 2.25. The molecule has 6 nitrogen and oxygen atoms in total. The summed E-state index contributed by atoms with van der Waals surface area (Å²) in [5.74, 6) is 0. The summed E-state index contributed by atoms with van der Waals surface area (Å²) >= 11 is 0. The first-order valence-electron chi connectivity index (χ1n) is 16.4. The number of furan rings is 2. The molecule has 0 N–H and O–H groups in total. The topological polar surface area (TPSA) is 83.7 Å². The van der Waals surface area contributed by atoms with Gasteiger partial charge in [0.15, 0.2) is 0 Å². The molecule has 0 radical (unpaired) electrons. The van der Waals surface area contributed by atoms with Gasteiger partial charge in [-0.2, -0.15) is 10.5 Å². The molecule has 0 saturated carbocycles. The van der Waals surface area contributed by atoms with Crippen molar-refractivity contribution in [1.82, 2.24) is 9.13 Å². The van der Waals surface area contributed by atoms with Crippen molar-refractivity contribution in [2.75, 3.05) is 0 Å². The minimum Gasteiger partial charge on any atom is -0.456 e.